The van der Waals surface area contributed by atoms with E-state index < -0.39 is 0 Å². The molecule has 0 spiro atoms. The van der Waals surface area contributed by atoms with Crippen LogP contribution < -0.4 is 14.2 Å². The van der Waals surface area contributed by atoms with Gasteiger partial charge < -0.3 is 19.2 Å². The lowest BCUT2D eigenvalue weighted by Gasteiger charge is -2.17. The molecule has 3 aromatic rings. The van der Waals surface area contributed by atoms with Gasteiger partial charge in [0.05, 0.1) is 11.0 Å². The number of para-hydroxylation sites is 1. The summed E-state index contributed by atoms with van der Waals surface area (Å²) in [6.45, 7) is 1.55. The van der Waals surface area contributed by atoms with Crippen LogP contribution in [-0.4, -0.2) is 23.2 Å². The van der Waals surface area contributed by atoms with E-state index in [4.69, 9.17) is 14.2 Å². The summed E-state index contributed by atoms with van der Waals surface area (Å²) < 4.78 is 16.8. The second kappa shape index (κ2) is 5.01. The number of ether oxygens (including phenoxy) is 3. The third-order valence-corrected chi connectivity index (χ3v) is 3.31. The molecule has 5 heteroatoms. The fourth-order valence-corrected chi connectivity index (χ4v) is 2.34. The Balaban J connectivity index is 1.59. The first-order valence-electron chi connectivity index (χ1n) is 6.84. The SMILES string of the molecule is c1ccc(OCc2nc3cc4c(cc3[nH]2)OCCO4)cc1. The fourth-order valence-electron chi connectivity index (χ4n) is 2.34. The van der Waals surface area contributed by atoms with Crippen LogP contribution in [0.25, 0.3) is 11.0 Å². The second-order valence-corrected chi connectivity index (χ2v) is 4.80. The van der Waals surface area contributed by atoms with Gasteiger partial charge in [-0.05, 0) is 12.1 Å². The lowest BCUT2D eigenvalue weighted by molar-refractivity contribution is 0.172. The van der Waals surface area contributed by atoms with E-state index in [0.717, 1.165) is 34.1 Å². The standard InChI is InChI=1S/C16H14N2O3/c1-2-4-11(5-3-1)21-10-16-17-12-8-14-15(9-13(12)18-16)20-7-6-19-14/h1-5,8-9H,6-7,10H2,(H,17,18). The number of nitrogens with one attached hydrogen (secondary N) is 1. The predicted octanol–water partition coefficient (Wildman–Crippen LogP) is 2.91. The van der Waals surface area contributed by atoms with Gasteiger partial charge in [-0.15, -0.1) is 0 Å². The molecule has 1 aliphatic rings. The van der Waals surface area contributed by atoms with E-state index >= 15 is 0 Å². The molecule has 0 radical (unpaired) electrons. The molecule has 0 unspecified atom stereocenters. The molecular formula is C16H14N2O3. The summed E-state index contributed by atoms with van der Waals surface area (Å²) in [5, 5.41) is 0. The third-order valence-electron chi connectivity index (χ3n) is 3.31. The van der Waals surface area contributed by atoms with Crippen molar-refractivity contribution in [1.29, 1.82) is 0 Å². The van der Waals surface area contributed by atoms with Gasteiger partial charge in [0.2, 0.25) is 0 Å². The van der Waals surface area contributed by atoms with Crippen molar-refractivity contribution < 1.29 is 14.2 Å². The molecule has 0 amide bonds. The zero-order valence-corrected chi connectivity index (χ0v) is 11.3. The number of imidazole rings is 1. The number of fused-ring (bicyclic) bond motifs is 2. The van der Waals surface area contributed by atoms with Crippen molar-refractivity contribution in [2.24, 2.45) is 0 Å². The van der Waals surface area contributed by atoms with Gasteiger partial charge >= 0.3 is 0 Å². The highest BCUT2D eigenvalue weighted by atomic mass is 16.6. The van der Waals surface area contributed by atoms with Gasteiger partial charge in [0.15, 0.2) is 11.5 Å². The second-order valence-electron chi connectivity index (χ2n) is 4.80. The van der Waals surface area contributed by atoms with E-state index in [0.29, 0.717) is 19.8 Å². The molecule has 0 bridgehead atoms. The molecule has 1 N–H and O–H groups in total. The first-order chi connectivity index (χ1) is 10.4. The zero-order valence-electron chi connectivity index (χ0n) is 11.3. The van der Waals surface area contributed by atoms with E-state index in [1.807, 2.05) is 42.5 Å². The average Bonchev–Trinajstić information content (AvgIpc) is 2.93. The summed E-state index contributed by atoms with van der Waals surface area (Å²) in [6, 6.07) is 13.5. The Morgan fingerprint density at radius 2 is 1.81 bits per heavy atom. The molecule has 2 heterocycles. The van der Waals surface area contributed by atoms with E-state index in [9.17, 15) is 0 Å². The molecule has 1 aromatic heterocycles. The predicted molar refractivity (Wildman–Crippen MR) is 77.9 cm³/mol. The van der Waals surface area contributed by atoms with Gasteiger partial charge in [-0.3, -0.25) is 0 Å². The molecule has 0 saturated heterocycles. The number of H-pyrrole nitrogens is 1. The van der Waals surface area contributed by atoms with E-state index in [-0.39, 0.29) is 0 Å². The summed E-state index contributed by atoms with van der Waals surface area (Å²) >= 11 is 0. The van der Waals surface area contributed by atoms with Gasteiger partial charge in [-0.25, -0.2) is 4.98 Å². The first-order valence-corrected chi connectivity index (χ1v) is 6.84. The number of hydrogen-bond donors (Lipinski definition) is 1. The van der Waals surface area contributed by atoms with Crippen LogP contribution in [0.5, 0.6) is 17.2 Å². The van der Waals surface area contributed by atoms with Crippen LogP contribution in [0.3, 0.4) is 0 Å². The number of aromatic nitrogens is 2. The number of benzene rings is 2. The molecule has 2 aromatic carbocycles. The Morgan fingerprint density at radius 3 is 2.62 bits per heavy atom. The molecule has 21 heavy (non-hydrogen) atoms. The Labute approximate surface area is 121 Å². The zero-order chi connectivity index (χ0) is 14.1. The minimum Gasteiger partial charge on any atom is -0.486 e. The molecule has 0 atom stereocenters. The largest absolute Gasteiger partial charge is 0.486 e. The van der Waals surface area contributed by atoms with Crippen LogP contribution in [0.1, 0.15) is 5.82 Å². The van der Waals surface area contributed by atoms with E-state index in [1.165, 1.54) is 0 Å². The van der Waals surface area contributed by atoms with Gasteiger partial charge in [0.1, 0.15) is 31.4 Å². The Bertz CT molecular complexity index is 725. The number of hydrogen-bond acceptors (Lipinski definition) is 4. The minimum absolute atomic E-state index is 0.394. The van der Waals surface area contributed by atoms with Gasteiger partial charge in [-0.1, -0.05) is 18.2 Å². The van der Waals surface area contributed by atoms with Crippen molar-refractivity contribution in [3.05, 3.63) is 48.3 Å². The maximum Gasteiger partial charge on any atom is 0.163 e. The number of aromatic amines is 1. The van der Waals surface area contributed by atoms with Crippen LogP contribution in [0, 0.1) is 0 Å². The number of nitrogens with zero attached hydrogens (tertiary/aromatic N) is 1. The highest BCUT2D eigenvalue weighted by Crippen LogP contribution is 2.33. The average molecular weight is 282 g/mol. The Kier molecular flexibility index (Phi) is 2.88. The maximum absolute atomic E-state index is 5.69. The lowest BCUT2D eigenvalue weighted by Crippen LogP contribution is -2.15. The van der Waals surface area contributed by atoms with Gasteiger partial charge in [-0.2, -0.15) is 0 Å². The normalized spacial score (nSPS) is 13.3. The quantitative estimate of drug-likeness (QED) is 0.802. The molecule has 0 aliphatic carbocycles. The third kappa shape index (κ3) is 2.38. The van der Waals surface area contributed by atoms with Crippen molar-refractivity contribution >= 4 is 11.0 Å². The molecule has 4 rings (SSSR count). The summed E-state index contributed by atoms with van der Waals surface area (Å²) in [4.78, 5) is 7.76. The van der Waals surface area contributed by atoms with Crippen molar-refractivity contribution in [3.63, 3.8) is 0 Å². The van der Waals surface area contributed by atoms with E-state index in [2.05, 4.69) is 9.97 Å². The smallest absolute Gasteiger partial charge is 0.163 e. The van der Waals surface area contributed by atoms with Crippen LogP contribution in [-0.2, 0) is 6.61 Å². The Hall–Kier alpha value is -2.69. The lowest BCUT2D eigenvalue weighted by atomic mass is 10.2. The first kappa shape index (κ1) is 12.1. The van der Waals surface area contributed by atoms with Crippen LogP contribution in [0.4, 0.5) is 0 Å². The summed E-state index contributed by atoms with van der Waals surface area (Å²) in [5.41, 5.74) is 1.77. The van der Waals surface area contributed by atoms with Crippen LogP contribution >= 0.6 is 0 Å². The topological polar surface area (TPSA) is 56.4 Å². The minimum atomic E-state index is 0.394. The highest BCUT2D eigenvalue weighted by molar-refractivity contribution is 5.79. The van der Waals surface area contributed by atoms with Crippen molar-refractivity contribution in [2.75, 3.05) is 13.2 Å². The van der Waals surface area contributed by atoms with Gasteiger partial charge in [0, 0.05) is 12.1 Å². The van der Waals surface area contributed by atoms with E-state index in [1.54, 1.807) is 0 Å². The summed E-state index contributed by atoms with van der Waals surface area (Å²) in [5.74, 6) is 3.10. The van der Waals surface area contributed by atoms with Crippen molar-refractivity contribution in [1.82, 2.24) is 9.97 Å². The van der Waals surface area contributed by atoms with Crippen molar-refractivity contribution in [2.45, 2.75) is 6.61 Å². The highest BCUT2D eigenvalue weighted by Gasteiger charge is 2.14. The molecular weight excluding hydrogens is 268 g/mol. The molecule has 5 nitrogen and oxygen atoms in total. The summed E-state index contributed by atoms with van der Waals surface area (Å²) in [7, 11) is 0. The number of rotatable bonds is 3. The summed E-state index contributed by atoms with van der Waals surface area (Å²) in [6.07, 6.45) is 0. The molecule has 0 saturated carbocycles. The van der Waals surface area contributed by atoms with Crippen LogP contribution in [0.15, 0.2) is 42.5 Å². The fraction of sp³-hybridized carbons (Fsp3) is 0.188. The molecule has 1 aliphatic heterocycles. The van der Waals surface area contributed by atoms with Crippen molar-refractivity contribution in [3.8, 4) is 17.2 Å². The Morgan fingerprint density at radius 1 is 1.05 bits per heavy atom. The van der Waals surface area contributed by atoms with Gasteiger partial charge in [0.25, 0.3) is 0 Å². The monoisotopic (exact) mass is 282 g/mol. The molecule has 106 valence electrons. The van der Waals surface area contributed by atoms with Crippen LogP contribution in [0.2, 0.25) is 0 Å². The molecule has 0 fully saturated rings. The maximum atomic E-state index is 5.69.